The van der Waals surface area contributed by atoms with Crippen LogP contribution in [0.15, 0.2) is 0 Å². The summed E-state index contributed by atoms with van der Waals surface area (Å²) >= 11 is 7.37. The summed E-state index contributed by atoms with van der Waals surface area (Å²) in [5.74, 6) is 2.90. The van der Waals surface area contributed by atoms with Crippen LogP contribution in [-0.2, 0) is 4.79 Å². The van der Waals surface area contributed by atoms with Gasteiger partial charge in [0.25, 0.3) is 0 Å². The van der Waals surface area contributed by atoms with Crippen LogP contribution in [-0.4, -0.2) is 29.3 Å². The molecule has 0 saturated heterocycles. The van der Waals surface area contributed by atoms with Gasteiger partial charge in [0, 0.05) is 24.1 Å². The van der Waals surface area contributed by atoms with Crippen molar-refractivity contribution in [2.45, 2.75) is 39.2 Å². The zero-order chi connectivity index (χ0) is 10.8. The van der Waals surface area contributed by atoms with Gasteiger partial charge in [-0.15, -0.1) is 11.6 Å². The van der Waals surface area contributed by atoms with Crippen LogP contribution in [0.1, 0.15) is 33.1 Å². The van der Waals surface area contributed by atoms with Crippen molar-refractivity contribution in [1.29, 1.82) is 0 Å². The molecule has 1 atom stereocenters. The van der Waals surface area contributed by atoms with Crippen LogP contribution in [0.2, 0.25) is 0 Å². The molecule has 0 aliphatic carbocycles. The second-order valence-electron chi connectivity index (χ2n) is 3.27. The van der Waals surface area contributed by atoms with Gasteiger partial charge < -0.3 is 5.32 Å². The number of thioether (sulfide) groups is 1. The summed E-state index contributed by atoms with van der Waals surface area (Å²) in [7, 11) is 0. The number of rotatable bonds is 8. The fourth-order valence-electron chi connectivity index (χ4n) is 1.06. The highest BCUT2D eigenvalue weighted by molar-refractivity contribution is 7.99. The summed E-state index contributed by atoms with van der Waals surface area (Å²) < 4.78 is 0. The molecule has 0 fully saturated rings. The Kier molecular flexibility index (Phi) is 9.73. The number of hydrogen-bond donors (Lipinski definition) is 1. The molecule has 0 spiro atoms. The van der Waals surface area contributed by atoms with Gasteiger partial charge >= 0.3 is 0 Å². The molecule has 0 aliphatic heterocycles. The van der Waals surface area contributed by atoms with Gasteiger partial charge in [0.1, 0.15) is 0 Å². The van der Waals surface area contributed by atoms with Crippen molar-refractivity contribution in [2.24, 2.45) is 0 Å². The zero-order valence-electron chi connectivity index (χ0n) is 9.01. The average Bonchev–Trinajstić information content (AvgIpc) is 2.15. The van der Waals surface area contributed by atoms with Crippen LogP contribution in [0, 0.1) is 0 Å². The monoisotopic (exact) mass is 237 g/mol. The first-order chi connectivity index (χ1) is 6.70. The Bertz CT molecular complexity index is 155. The average molecular weight is 238 g/mol. The molecule has 0 aromatic heterocycles. The van der Waals surface area contributed by atoms with E-state index in [1.54, 1.807) is 0 Å². The summed E-state index contributed by atoms with van der Waals surface area (Å²) in [6, 6.07) is 0.281. The maximum atomic E-state index is 11.3. The lowest BCUT2D eigenvalue weighted by molar-refractivity contribution is -0.121. The Hall–Kier alpha value is 0.110. The smallest absolute Gasteiger partial charge is 0.220 e. The predicted octanol–water partition coefficient (Wildman–Crippen LogP) is 2.65. The van der Waals surface area contributed by atoms with Crippen molar-refractivity contribution >= 4 is 29.3 Å². The normalized spacial score (nSPS) is 12.5. The van der Waals surface area contributed by atoms with Gasteiger partial charge in [-0.05, 0) is 25.5 Å². The van der Waals surface area contributed by atoms with Crippen molar-refractivity contribution in [3.8, 4) is 0 Å². The van der Waals surface area contributed by atoms with Gasteiger partial charge in [0.15, 0.2) is 0 Å². The fourth-order valence-corrected chi connectivity index (χ4v) is 1.92. The Labute approximate surface area is 96.2 Å². The van der Waals surface area contributed by atoms with Gasteiger partial charge in [-0.1, -0.05) is 6.92 Å². The van der Waals surface area contributed by atoms with Crippen LogP contribution in [0.25, 0.3) is 0 Å². The Morgan fingerprint density at radius 2 is 2.21 bits per heavy atom. The van der Waals surface area contributed by atoms with Gasteiger partial charge in [-0.25, -0.2) is 0 Å². The summed E-state index contributed by atoms with van der Waals surface area (Å²) in [5.41, 5.74) is 0. The fraction of sp³-hybridized carbons (Fsp3) is 0.900. The van der Waals surface area contributed by atoms with Gasteiger partial charge in [0.05, 0.1) is 0 Å². The summed E-state index contributed by atoms with van der Waals surface area (Å²) in [4.78, 5) is 11.3. The molecule has 2 nitrogen and oxygen atoms in total. The maximum Gasteiger partial charge on any atom is 0.220 e. The largest absolute Gasteiger partial charge is 0.353 e. The SMILES string of the molecule is CCSCC(C)NC(=O)CCCCCl. The third-order valence-corrected chi connectivity index (χ3v) is 3.18. The number of amides is 1. The minimum Gasteiger partial charge on any atom is -0.353 e. The first kappa shape index (κ1) is 14.1. The summed E-state index contributed by atoms with van der Waals surface area (Å²) in [5, 5.41) is 2.97. The summed E-state index contributed by atoms with van der Waals surface area (Å²) in [6.45, 7) is 4.17. The van der Waals surface area contributed by atoms with Gasteiger partial charge in [-0.2, -0.15) is 11.8 Å². The van der Waals surface area contributed by atoms with Crippen molar-refractivity contribution in [3.63, 3.8) is 0 Å². The number of halogens is 1. The molecule has 0 bridgehead atoms. The third-order valence-electron chi connectivity index (χ3n) is 1.77. The molecule has 14 heavy (non-hydrogen) atoms. The van der Waals surface area contributed by atoms with Crippen molar-refractivity contribution < 1.29 is 4.79 Å². The summed E-state index contributed by atoms with van der Waals surface area (Å²) in [6.07, 6.45) is 2.42. The molecule has 0 heterocycles. The van der Waals surface area contributed by atoms with Crippen LogP contribution in [0.5, 0.6) is 0 Å². The predicted molar refractivity (Wildman–Crippen MR) is 65.2 cm³/mol. The first-order valence-electron chi connectivity index (χ1n) is 5.13. The number of carbonyl (C=O) groups excluding carboxylic acids is 1. The van der Waals surface area contributed by atoms with E-state index in [1.807, 2.05) is 18.7 Å². The minimum atomic E-state index is 0.152. The van der Waals surface area contributed by atoms with E-state index in [0.717, 1.165) is 24.3 Å². The molecular weight excluding hydrogens is 218 g/mol. The molecule has 4 heteroatoms. The van der Waals surface area contributed by atoms with E-state index in [-0.39, 0.29) is 11.9 Å². The number of hydrogen-bond acceptors (Lipinski definition) is 2. The lowest BCUT2D eigenvalue weighted by Crippen LogP contribution is -2.34. The van der Waals surface area contributed by atoms with Crippen LogP contribution in [0.3, 0.4) is 0 Å². The number of unbranched alkanes of at least 4 members (excludes halogenated alkanes) is 1. The van der Waals surface area contributed by atoms with Crippen LogP contribution < -0.4 is 5.32 Å². The third kappa shape index (κ3) is 8.70. The second kappa shape index (κ2) is 9.66. The Balaban J connectivity index is 3.40. The van der Waals surface area contributed by atoms with E-state index in [4.69, 9.17) is 11.6 Å². The number of alkyl halides is 1. The van der Waals surface area contributed by atoms with E-state index < -0.39 is 0 Å². The quantitative estimate of drug-likeness (QED) is 0.520. The van der Waals surface area contributed by atoms with Crippen LogP contribution in [0.4, 0.5) is 0 Å². The maximum absolute atomic E-state index is 11.3. The highest BCUT2D eigenvalue weighted by Gasteiger charge is 2.06. The van der Waals surface area contributed by atoms with E-state index in [9.17, 15) is 4.79 Å². The molecule has 0 aromatic carbocycles. The van der Waals surface area contributed by atoms with Gasteiger partial charge in [0.2, 0.25) is 5.91 Å². The molecular formula is C10H20ClNOS. The standard InChI is InChI=1S/C10H20ClNOS/c1-3-14-8-9(2)12-10(13)6-4-5-7-11/h9H,3-8H2,1-2H3,(H,12,13). The molecule has 1 N–H and O–H groups in total. The van der Waals surface area contributed by atoms with E-state index in [2.05, 4.69) is 12.2 Å². The Morgan fingerprint density at radius 1 is 1.50 bits per heavy atom. The molecule has 0 aromatic rings. The van der Waals surface area contributed by atoms with Crippen molar-refractivity contribution in [3.05, 3.63) is 0 Å². The second-order valence-corrected chi connectivity index (χ2v) is 4.97. The highest BCUT2D eigenvalue weighted by atomic mass is 35.5. The molecule has 84 valence electrons. The van der Waals surface area contributed by atoms with Crippen molar-refractivity contribution in [1.82, 2.24) is 5.32 Å². The van der Waals surface area contributed by atoms with Crippen molar-refractivity contribution in [2.75, 3.05) is 17.4 Å². The highest BCUT2D eigenvalue weighted by Crippen LogP contribution is 2.02. The molecule has 0 rings (SSSR count). The van der Waals surface area contributed by atoms with E-state index in [0.29, 0.717) is 12.3 Å². The first-order valence-corrected chi connectivity index (χ1v) is 6.82. The Morgan fingerprint density at radius 3 is 2.79 bits per heavy atom. The number of carbonyl (C=O) groups is 1. The minimum absolute atomic E-state index is 0.152. The topological polar surface area (TPSA) is 29.1 Å². The molecule has 1 unspecified atom stereocenters. The van der Waals surface area contributed by atoms with E-state index in [1.165, 1.54) is 0 Å². The molecule has 0 radical (unpaired) electrons. The molecule has 1 amide bonds. The van der Waals surface area contributed by atoms with E-state index >= 15 is 0 Å². The number of nitrogens with one attached hydrogen (secondary N) is 1. The molecule has 0 saturated carbocycles. The lowest BCUT2D eigenvalue weighted by Gasteiger charge is -2.12. The van der Waals surface area contributed by atoms with Gasteiger partial charge in [-0.3, -0.25) is 4.79 Å². The lowest BCUT2D eigenvalue weighted by atomic mass is 10.2. The molecule has 0 aliphatic rings. The zero-order valence-corrected chi connectivity index (χ0v) is 10.6. The van der Waals surface area contributed by atoms with Crippen LogP contribution >= 0.6 is 23.4 Å².